The number of nitrogens with one attached hydrogen (secondary N) is 1. The van der Waals surface area contributed by atoms with E-state index >= 15 is 0 Å². The summed E-state index contributed by atoms with van der Waals surface area (Å²) in [7, 11) is -0.618. The van der Waals surface area contributed by atoms with Gasteiger partial charge in [0.1, 0.15) is 5.75 Å². The first-order valence-corrected chi connectivity index (χ1v) is 8.19. The van der Waals surface area contributed by atoms with Crippen LogP contribution in [0, 0.1) is 0 Å². The molecule has 1 unspecified atom stereocenters. The van der Waals surface area contributed by atoms with E-state index in [9.17, 15) is 13.5 Å². The van der Waals surface area contributed by atoms with Crippen LogP contribution in [-0.2, 0) is 16.8 Å². The summed E-state index contributed by atoms with van der Waals surface area (Å²) in [6, 6.07) is 7.23. The van der Waals surface area contributed by atoms with Crippen molar-refractivity contribution in [3.8, 4) is 5.75 Å². The average Bonchev–Trinajstić information content (AvgIpc) is 2.46. The first-order valence-electron chi connectivity index (χ1n) is 6.75. The molecule has 0 amide bonds. The molecular formula is C14H24N2O4S. The molecule has 0 aliphatic heterocycles. The van der Waals surface area contributed by atoms with Crippen molar-refractivity contribution in [2.24, 2.45) is 0 Å². The fourth-order valence-electron chi connectivity index (χ4n) is 1.72. The molecule has 1 aromatic rings. The number of methoxy groups -OCH3 is 1. The van der Waals surface area contributed by atoms with Crippen molar-refractivity contribution in [3.63, 3.8) is 0 Å². The van der Waals surface area contributed by atoms with Crippen molar-refractivity contribution in [2.45, 2.75) is 32.4 Å². The van der Waals surface area contributed by atoms with Gasteiger partial charge in [0, 0.05) is 13.6 Å². The number of ether oxygens (including phenoxy) is 1. The standard InChI is InChI=1S/C14H24N2O4S/c1-5-14(2,11-17)15-21(18,19)16(3)10-12-7-6-8-13(9-12)20-4/h6-9,15,17H,5,10-11H2,1-4H3. The van der Waals surface area contributed by atoms with Gasteiger partial charge in [0.15, 0.2) is 0 Å². The maximum atomic E-state index is 12.3. The summed E-state index contributed by atoms with van der Waals surface area (Å²) < 4.78 is 33.5. The third-order valence-electron chi connectivity index (χ3n) is 3.45. The molecule has 1 rings (SSSR count). The third-order valence-corrected chi connectivity index (χ3v) is 5.15. The second-order valence-electron chi connectivity index (χ2n) is 5.29. The van der Waals surface area contributed by atoms with Crippen molar-refractivity contribution < 1.29 is 18.3 Å². The van der Waals surface area contributed by atoms with Crippen LogP contribution in [0.1, 0.15) is 25.8 Å². The zero-order chi connectivity index (χ0) is 16.1. The molecule has 0 aromatic heterocycles. The molecule has 6 nitrogen and oxygen atoms in total. The highest BCUT2D eigenvalue weighted by Crippen LogP contribution is 2.16. The maximum Gasteiger partial charge on any atom is 0.280 e. The Balaban J connectivity index is 2.84. The second kappa shape index (κ2) is 7.22. The van der Waals surface area contributed by atoms with Crippen LogP contribution < -0.4 is 9.46 Å². The highest BCUT2D eigenvalue weighted by molar-refractivity contribution is 7.87. The lowest BCUT2D eigenvalue weighted by Crippen LogP contribution is -2.52. The number of nitrogens with zero attached hydrogens (tertiary/aromatic N) is 1. The molecule has 120 valence electrons. The van der Waals surface area contributed by atoms with Crippen LogP contribution in [0.5, 0.6) is 5.75 Å². The number of hydrogen-bond acceptors (Lipinski definition) is 4. The number of benzene rings is 1. The Morgan fingerprint density at radius 1 is 1.43 bits per heavy atom. The molecule has 0 fully saturated rings. The van der Waals surface area contributed by atoms with Crippen LogP contribution in [0.25, 0.3) is 0 Å². The molecule has 7 heteroatoms. The summed E-state index contributed by atoms with van der Waals surface area (Å²) in [5, 5.41) is 9.33. The highest BCUT2D eigenvalue weighted by atomic mass is 32.2. The first kappa shape index (κ1) is 17.9. The molecule has 0 saturated heterocycles. The number of hydrogen-bond donors (Lipinski definition) is 2. The van der Waals surface area contributed by atoms with Crippen LogP contribution in [0.4, 0.5) is 0 Å². The van der Waals surface area contributed by atoms with E-state index in [1.165, 1.54) is 11.4 Å². The van der Waals surface area contributed by atoms with Crippen molar-refractivity contribution >= 4 is 10.2 Å². The molecular weight excluding hydrogens is 292 g/mol. The van der Waals surface area contributed by atoms with Crippen LogP contribution in [0.15, 0.2) is 24.3 Å². The van der Waals surface area contributed by atoms with Crippen molar-refractivity contribution in [2.75, 3.05) is 20.8 Å². The molecule has 0 heterocycles. The minimum Gasteiger partial charge on any atom is -0.497 e. The van der Waals surface area contributed by atoms with Gasteiger partial charge in [-0.3, -0.25) is 0 Å². The normalized spacial score (nSPS) is 15.0. The van der Waals surface area contributed by atoms with Crippen LogP contribution in [0.2, 0.25) is 0 Å². The molecule has 0 aliphatic carbocycles. The van der Waals surface area contributed by atoms with E-state index < -0.39 is 15.7 Å². The van der Waals surface area contributed by atoms with E-state index in [1.807, 2.05) is 19.1 Å². The molecule has 0 bridgehead atoms. The Morgan fingerprint density at radius 3 is 2.62 bits per heavy atom. The van der Waals surface area contributed by atoms with E-state index in [0.29, 0.717) is 12.2 Å². The lowest BCUT2D eigenvalue weighted by Gasteiger charge is -2.29. The molecule has 0 spiro atoms. The Hall–Kier alpha value is -1.15. The zero-order valence-electron chi connectivity index (χ0n) is 13.0. The smallest absolute Gasteiger partial charge is 0.280 e. The third kappa shape index (κ3) is 4.96. The number of rotatable bonds is 8. The fourth-order valence-corrected chi connectivity index (χ4v) is 3.02. The molecule has 21 heavy (non-hydrogen) atoms. The van der Waals surface area contributed by atoms with Crippen LogP contribution in [-0.4, -0.2) is 44.1 Å². The van der Waals surface area contributed by atoms with Crippen LogP contribution >= 0.6 is 0 Å². The monoisotopic (exact) mass is 316 g/mol. The molecule has 1 atom stereocenters. The molecule has 0 saturated carbocycles. The molecule has 2 N–H and O–H groups in total. The van der Waals surface area contributed by atoms with Gasteiger partial charge in [-0.05, 0) is 31.0 Å². The summed E-state index contributed by atoms with van der Waals surface area (Å²) >= 11 is 0. The SMILES string of the molecule is CCC(C)(CO)NS(=O)(=O)N(C)Cc1cccc(OC)c1. The molecule has 0 aliphatic rings. The lowest BCUT2D eigenvalue weighted by atomic mass is 10.0. The van der Waals surface area contributed by atoms with E-state index in [2.05, 4.69) is 4.72 Å². The van der Waals surface area contributed by atoms with Gasteiger partial charge < -0.3 is 9.84 Å². The summed E-state index contributed by atoms with van der Waals surface area (Å²) in [5.74, 6) is 0.681. The van der Waals surface area contributed by atoms with Gasteiger partial charge in [0.2, 0.25) is 0 Å². The van der Waals surface area contributed by atoms with Crippen molar-refractivity contribution in [1.29, 1.82) is 0 Å². The topological polar surface area (TPSA) is 78.9 Å². The Morgan fingerprint density at radius 2 is 2.10 bits per heavy atom. The fraction of sp³-hybridized carbons (Fsp3) is 0.571. The largest absolute Gasteiger partial charge is 0.497 e. The summed E-state index contributed by atoms with van der Waals surface area (Å²) in [6.07, 6.45) is 0.496. The van der Waals surface area contributed by atoms with E-state index in [1.54, 1.807) is 26.2 Å². The van der Waals surface area contributed by atoms with Gasteiger partial charge in [-0.1, -0.05) is 19.1 Å². The van der Waals surface area contributed by atoms with E-state index in [4.69, 9.17) is 4.74 Å². The molecule has 0 radical (unpaired) electrons. The minimum absolute atomic E-state index is 0.220. The van der Waals surface area contributed by atoms with E-state index in [-0.39, 0.29) is 13.2 Å². The molecule has 1 aromatic carbocycles. The quantitative estimate of drug-likeness (QED) is 0.753. The van der Waals surface area contributed by atoms with Gasteiger partial charge >= 0.3 is 0 Å². The van der Waals surface area contributed by atoms with Gasteiger partial charge in [0.25, 0.3) is 10.2 Å². The summed E-state index contributed by atoms with van der Waals surface area (Å²) in [4.78, 5) is 0. The Labute approximate surface area is 126 Å². The van der Waals surface area contributed by atoms with Gasteiger partial charge in [-0.2, -0.15) is 17.4 Å². The average molecular weight is 316 g/mol. The highest BCUT2D eigenvalue weighted by Gasteiger charge is 2.29. The lowest BCUT2D eigenvalue weighted by molar-refractivity contribution is 0.188. The predicted octanol–water partition coefficient (Wildman–Crippen LogP) is 1.12. The van der Waals surface area contributed by atoms with Gasteiger partial charge in [-0.25, -0.2) is 0 Å². The van der Waals surface area contributed by atoms with Crippen molar-refractivity contribution in [1.82, 2.24) is 9.03 Å². The maximum absolute atomic E-state index is 12.3. The predicted molar refractivity (Wildman–Crippen MR) is 82.3 cm³/mol. The Kier molecular flexibility index (Phi) is 6.15. The number of aliphatic hydroxyl groups is 1. The second-order valence-corrected chi connectivity index (χ2v) is 7.06. The minimum atomic E-state index is -3.68. The van der Waals surface area contributed by atoms with Crippen LogP contribution in [0.3, 0.4) is 0 Å². The van der Waals surface area contributed by atoms with Gasteiger partial charge in [-0.15, -0.1) is 0 Å². The van der Waals surface area contributed by atoms with Gasteiger partial charge in [0.05, 0.1) is 19.3 Å². The number of aliphatic hydroxyl groups excluding tert-OH is 1. The van der Waals surface area contributed by atoms with Crippen molar-refractivity contribution in [3.05, 3.63) is 29.8 Å². The Bertz CT molecular complexity index is 556. The van der Waals surface area contributed by atoms with E-state index in [0.717, 1.165) is 5.56 Å². The summed E-state index contributed by atoms with van der Waals surface area (Å²) in [6.45, 7) is 3.46. The summed E-state index contributed by atoms with van der Waals surface area (Å²) in [5.41, 5.74) is -0.0361. The zero-order valence-corrected chi connectivity index (χ0v) is 13.8. The first-order chi connectivity index (χ1) is 9.76.